The van der Waals surface area contributed by atoms with E-state index in [1.165, 1.54) is 103 Å². The van der Waals surface area contributed by atoms with Crippen molar-refractivity contribution in [3.63, 3.8) is 0 Å². The van der Waals surface area contributed by atoms with Crippen LogP contribution in [0, 0.1) is 0 Å². The molecule has 48 heavy (non-hydrogen) atoms. The van der Waals surface area contributed by atoms with Crippen LogP contribution in [0.2, 0.25) is 0 Å². The lowest BCUT2D eigenvalue weighted by Crippen LogP contribution is -1.93. The van der Waals surface area contributed by atoms with Crippen molar-refractivity contribution in [2.45, 2.75) is 0 Å². The van der Waals surface area contributed by atoms with Gasteiger partial charge in [-0.3, -0.25) is 0 Å². The van der Waals surface area contributed by atoms with Crippen molar-refractivity contribution in [1.82, 2.24) is 4.57 Å². The summed E-state index contributed by atoms with van der Waals surface area (Å²) in [6, 6.07) is 60.5. The fourth-order valence-electron chi connectivity index (χ4n) is 8.18. The molecule has 0 radical (unpaired) electrons. The lowest BCUT2D eigenvalue weighted by atomic mass is 9.96. The number of hydrogen-bond donors (Lipinski definition) is 0. The normalized spacial score (nSPS) is 12.2. The molecule has 0 spiro atoms. The molecule has 0 bridgehead atoms. The van der Waals surface area contributed by atoms with Crippen LogP contribution in [0.5, 0.6) is 0 Å². The van der Waals surface area contributed by atoms with E-state index in [-0.39, 0.29) is 0 Å². The average molecular weight is 626 g/mol. The number of thiophene rings is 1. The third-order valence-electron chi connectivity index (χ3n) is 10.3. The zero-order valence-corrected chi connectivity index (χ0v) is 26.8. The van der Waals surface area contributed by atoms with E-state index in [4.69, 9.17) is 0 Å². The fourth-order valence-corrected chi connectivity index (χ4v) is 9.33. The Morgan fingerprint density at radius 2 is 0.958 bits per heavy atom. The molecular weight excluding hydrogens is 599 g/mol. The van der Waals surface area contributed by atoms with Crippen LogP contribution in [-0.2, 0) is 0 Å². The summed E-state index contributed by atoms with van der Waals surface area (Å²) in [7, 11) is 0. The Kier molecular flexibility index (Phi) is 5.32. The molecule has 0 amide bonds. The van der Waals surface area contributed by atoms with Crippen LogP contribution in [0.3, 0.4) is 0 Å². The van der Waals surface area contributed by atoms with Gasteiger partial charge in [-0.2, -0.15) is 0 Å². The SMILES string of the molecule is c1ccc(-c2ccc(-n3c4ccccc4c4cc(-c5ccc6sc7cc8c9c(cccc9c7c6c5)-c5ccccc5-8)ccc43)cc2)cc1. The fraction of sp³-hybridized carbons (Fsp3) is 0. The van der Waals surface area contributed by atoms with Crippen molar-refractivity contribution in [3.05, 3.63) is 164 Å². The van der Waals surface area contributed by atoms with Gasteiger partial charge in [-0.05, 0) is 104 Å². The topological polar surface area (TPSA) is 4.93 Å². The van der Waals surface area contributed by atoms with Gasteiger partial charge in [0.15, 0.2) is 0 Å². The van der Waals surface area contributed by atoms with Gasteiger partial charge in [-0.1, -0.05) is 115 Å². The molecule has 2 heterocycles. The number of nitrogens with zero attached hydrogens (tertiary/aromatic N) is 1. The zero-order chi connectivity index (χ0) is 31.3. The van der Waals surface area contributed by atoms with Crippen molar-refractivity contribution >= 4 is 64.1 Å². The summed E-state index contributed by atoms with van der Waals surface area (Å²) in [5, 5.41) is 8.01. The first-order chi connectivity index (χ1) is 23.8. The molecule has 0 N–H and O–H groups in total. The highest BCUT2D eigenvalue weighted by atomic mass is 32.1. The molecular formula is C46H27NS. The van der Waals surface area contributed by atoms with Crippen LogP contribution in [-0.4, -0.2) is 4.57 Å². The molecule has 1 nitrogen and oxygen atoms in total. The molecule has 0 aliphatic heterocycles. The minimum Gasteiger partial charge on any atom is -0.309 e. The van der Waals surface area contributed by atoms with Gasteiger partial charge >= 0.3 is 0 Å². The Morgan fingerprint density at radius 3 is 1.81 bits per heavy atom. The van der Waals surface area contributed by atoms with Gasteiger partial charge in [0.05, 0.1) is 11.0 Å². The third kappa shape index (κ3) is 3.61. The maximum Gasteiger partial charge on any atom is 0.0541 e. The molecule has 8 aromatic carbocycles. The first-order valence-corrected chi connectivity index (χ1v) is 17.3. The maximum atomic E-state index is 2.44. The summed E-state index contributed by atoms with van der Waals surface area (Å²) in [6.45, 7) is 0. The van der Waals surface area contributed by atoms with Crippen molar-refractivity contribution < 1.29 is 0 Å². The Morgan fingerprint density at radius 1 is 0.333 bits per heavy atom. The van der Waals surface area contributed by atoms with Gasteiger partial charge in [0.1, 0.15) is 0 Å². The summed E-state index contributed by atoms with van der Waals surface area (Å²) in [6.07, 6.45) is 0. The molecule has 0 fully saturated rings. The molecule has 0 saturated heterocycles. The summed E-state index contributed by atoms with van der Waals surface area (Å²) >= 11 is 1.91. The predicted molar refractivity (Wildman–Crippen MR) is 206 cm³/mol. The minimum absolute atomic E-state index is 1.17. The van der Waals surface area contributed by atoms with E-state index in [1.54, 1.807) is 0 Å². The summed E-state index contributed by atoms with van der Waals surface area (Å²) < 4.78 is 5.10. The number of hydrogen-bond acceptors (Lipinski definition) is 1. The Labute approximate surface area is 281 Å². The number of rotatable bonds is 3. The molecule has 1 aliphatic carbocycles. The van der Waals surface area contributed by atoms with Crippen LogP contribution in [0.1, 0.15) is 0 Å². The third-order valence-corrected chi connectivity index (χ3v) is 11.5. The van der Waals surface area contributed by atoms with Crippen molar-refractivity contribution in [3.8, 4) is 50.2 Å². The number of para-hydroxylation sites is 1. The standard InChI is InChI=1S/C46H27NS/c1-2-9-28(10-3-1)29-17-21-32(22-18-29)47-41-16-7-6-13-35(41)38-25-30(19-23-42(38)47)31-20-24-43-40(26-31)46-37-15-8-14-36-33-11-4-5-12-34(33)39(45(36)37)27-44(46)48-43/h1-27H. The zero-order valence-electron chi connectivity index (χ0n) is 25.9. The van der Waals surface area contributed by atoms with Gasteiger partial charge in [0.2, 0.25) is 0 Å². The lowest BCUT2D eigenvalue weighted by Gasteiger charge is -2.10. The summed E-state index contributed by atoms with van der Waals surface area (Å²) in [4.78, 5) is 0. The van der Waals surface area contributed by atoms with Crippen LogP contribution < -0.4 is 0 Å². The minimum atomic E-state index is 1.17. The summed E-state index contributed by atoms with van der Waals surface area (Å²) in [5.41, 5.74) is 14.0. The van der Waals surface area contributed by atoms with Gasteiger partial charge in [0, 0.05) is 36.6 Å². The van der Waals surface area contributed by atoms with E-state index in [0.29, 0.717) is 0 Å². The van der Waals surface area contributed by atoms with E-state index >= 15 is 0 Å². The molecule has 10 aromatic rings. The number of aromatic nitrogens is 1. The Hall–Kier alpha value is -5.96. The monoisotopic (exact) mass is 625 g/mol. The van der Waals surface area contributed by atoms with Gasteiger partial charge in [0.25, 0.3) is 0 Å². The Balaban J connectivity index is 1.08. The van der Waals surface area contributed by atoms with Crippen molar-refractivity contribution in [2.24, 2.45) is 0 Å². The van der Waals surface area contributed by atoms with E-state index in [0.717, 1.165) is 0 Å². The first-order valence-electron chi connectivity index (χ1n) is 16.5. The van der Waals surface area contributed by atoms with Gasteiger partial charge in [-0.15, -0.1) is 11.3 Å². The summed E-state index contributed by atoms with van der Waals surface area (Å²) in [5.74, 6) is 0. The molecule has 222 valence electrons. The molecule has 0 unspecified atom stereocenters. The highest BCUT2D eigenvalue weighted by Gasteiger charge is 2.24. The van der Waals surface area contributed by atoms with E-state index in [1.807, 2.05) is 11.3 Å². The smallest absolute Gasteiger partial charge is 0.0541 e. The molecule has 11 rings (SSSR count). The quantitative estimate of drug-likeness (QED) is 0.184. The largest absolute Gasteiger partial charge is 0.309 e. The molecule has 0 atom stereocenters. The Bertz CT molecular complexity index is 2920. The van der Waals surface area contributed by atoms with Crippen molar-refractivity contribution in [2.75, 3.05) is 0 Å². The second kappa shape index (κ2) is 9.78. The van der Waals surface area contributed by atoms with Crippen LogP contribution in [0.4, 0.5) is 0 Å². The second-order valence-electron chi connectivity index (χ2n) is 12.9. The highest BCUT2D eigenvalue weighted by Crippen LogP contribution is 2.52. The highest BCUT2D eigenvalue weighted by molar-refractivity contribution is 7.26. The first kappa shape index (κ1) is 26.1. The van der Waals surface area contributed by atoms with Crippen LogP contribution in [0.25, 0.3) is 103 Å². The molecule has 1 aliphatic rings. The lowest BCUT2D eigenvalue weighted by molar-refractivity contribution is 1.18. The average Bonchev–Trinajstić information content (AvgIpc) is 3.80. The van der Waals surface area contributed by atoms with Crippen LogP contribution >= 0.6 is 11.3 Å². The van der Waals surface area contributed by atoms with Gasteiger partial charge in [-0.25, -0.2) is 0 Å². The number of benzene rings is 8. The number of fused-ring (bicyclic) bond motifs is 10. The maximum absolute atomic E-state index is 2.44. The van der Waals surface area contributed by atoms with E-state index in [9.17, 15) is 0 Å². The van der Waals surface area contributed by atoms with E-state index < -0.39 is 0 Å². The molecule has 2 aromatic heterocycles. The van der Waals surface area contributed by atoms with Gasteiger partial charge < -0.3 is 4.57 Å². The predicted octanol–water partition coefficient (Wildman–Crippen LogP) is 13.3. The molecule has 0 saturated carbocycles. The van der Waals surface area contributed by atoms with Crippen LogP contribution in [0.15, 0.2) is 164 Å². The van der Waals surface area contributed by atoms with Crippen molar-refractivity contribution in [1.29, 1.82) is 0 Å². The van der Waals surface area contributed by atoms with E-state index in [2.05, 4.69) is 168 Å². The molecule has 2 heteroatoms. The second-order valence-corrected chi connectivity index (χ2v) is 14.0.